The minimum atomic E-state index is -0.286. The van der Waals surface area contributed by atoms with Crippen LogP contribution in [0.25, 0.3) is 0 Å². The van der Waals surface area contributed by atoms with E-state index in [0.717, 1.165) is 4.88 Å². The summed E-state index contributed by atoms with van der Waals surface area (Å²) < 4.78 is 0. The molecule has 0 bridgehead atoms. The number of amides is 2. The molecular weight excluding hydrogens is 278 g/mol. The molecule has 0 fully saturated rings. The van der Waals surface area contributed by atoms with E-state index in [1.54, 1.807) is 13.0 Å². The second-order valence-corrected chi connectivity index (χ2v) is 5.54. The molecule has 8 heteroatoms. The summed E-state index contributed by atoms with van der Waals surface area (Å²) >= 11 is 1.39. The summed E-state index contributed by atoms with van der Waals surface area (Å²) in [5, 5.41) is 11.7. The van der Waals surface area contributed by atoms with Crippen molar-refractivity contribution >= 4 is 23.2 Å². The Morgan fingerprint density at radius 2 is 2.25 bits per heavy atom. The number of rotatable bonds is 5. The Kier molecular flexibility index (Phi) is 4.46. The highest BCUT2D eigenvalue weighted by molar-refractivity contribution is 7.13. The van der Waals surface area contributed by atoms with Crippen LogP contribution < -0.4 is 10.6 Å². The van der Waals surface area contributed by atoms with Crippen LogP contribution in [0.4, 0.5) is 0 Å². The van der Waals surface area contributed by atoms with Crippen molar-refractivity contribution in [2.24, 2.45) is 0 Å². The molecule has 2 rings (SSSR count). The van der Waals surface area contributed by atoms with Crippen LogP contribution in [0.3, 0.4) is 0 Å². The van der Waals surface area contributed by atoms with Crippen LogP contribution >= 0.6 is 11.3 Å². The highest BCUT2D eigenvalue weighted by Crippen LogP contribution is 2.14. The fourth-order valence-electron chi connectivity index (χ4n) is 1.59. The third kappa shape index (κ3) is 3.64. The Balaban J connectivity index is 1.79. The van der Waals surface area contributed by atoms with E-state index in [4.69, 9.17) is 0 Å². The molecule has 1 unspecified atom stereocenters. The molecule has 0 aliphatic heterocycles. The third-order valence-electron chi connectivity index (χ3n) is 2.59. The molecule has 2 aromatic rings. The van der Waals surface area contributed by atoms with E-state index < -0.39 is 0 Å². The predicted octanol–water partition coefficient (Wildman–Crippen LogP) is 0.782. The van der Waals surface area contributed by atoms with Gasteiger partial charge < -0.3 is 10.6 Å². The molecule has 20 heavy (non-hydrogen) atoms. The zero-order chi connectivity index (χ0) is 14.5. The van der Waals surface area contributed by atoms with Gasteiger partial charge in [0.15, 0.2) is 0 Å². The quantitative estimate of drug-likeness (QED) is 0.758. The molecule has 2 heterocycles. The topological polar surface area (TPSA) is 99.8 Å². The lowest BCUT2D eigenvalue weighted by Gasteiger charge is -2.11. The van der Waals surface area contributed by atoms with Crippen molar-refractivity contribution in [2.75, 3.05) is 6.54 Å². The van der Waals surface area contributed by atoms with Gasteiger partial charge >= 0.3 is 0 Å². The van der Waals surface area contributed by atoms with E-state index in [2.05, 4.69) is 25.8 Å². The molecule has 0 aliphatic rings. The maximum Gasteiger partial charge on any atom is 0.261 e. The Bertz CT molecular complexity index is 593. The smallest absolute Gasteiger partial charge is 0.261 e. The van der Waals surface area contributed by atoms with Crippen molar-refractivity contribution in [3.63, 3.8) is 0 Å². The highest BCUT2D eigenvalue weighted by atomic mass is 32.1. The number of thiophene rings is 1. The first kappa shape index (κ1) is 14.2. The molecule has 0 saturated heterocycles. The number of nitrogens with zero attached hydrogens (tertiary/aromatic N) is 2. The lowest BCUT2D eigenvalue weighted by atomic mass is 10.3. The van der Waals surface area contributed by atoms with Crippen molar-refractivity contribution in [1.29, 1.82) is 0 Å². The van der Waals surface area contributed by atoms with Crippen LogP contribution in [0, 0.1) is 6.92 Å². The lowest BCUT2D eigenvalue weighted by molar-refractivity contribution is -0.120. The fourth-order valence-corrected chi connectivity index (χ4v) is 2.37. The molecule has 0 aromatic carbocycles. The molecule has 2 amide bonds. The average molecular weight is 293 g/mol. The number of carbonyl (C=O) groups excluding carboxylic acids is 2. The minimum absolute atomic E-state index is 0.0751. The van der Waals surface area contributed by atoms with E-state index in [1.807, 2.05) is 13.0 Å². The molecule has 7 nitrogen and oxygen atoms in total. The van der Waals surface area contributed by atoms with Gasteiger partial charge in [-0.1, -0.05) is 0 Å². The number of nitrogens with one attached hydrogen (secondary N) is 3. The Morgan fingerprint density at radius 3 is 2.85 bits per heavy atom. The van der Waals surface area contributed by atoms with Crippen molar-refractivity contribution in [3.8, 4) is 0 Å². The summed E-state index contributed by atoms with van der Waals surface area (Å²) in [5.74, 6) is 0.0413. The Morgan fingerprint density at radius 1 is 1.45 bits per heavy atom. The first-order valence-electron chi connectivity index (χ1n) is 6.05. The van der Waals surface area contributed by atoms with Crippen molar-refractivity contribution in [1.82, 2.24) is 25.8 Å². The van der Waals surface area contributed by atoms with Crippen LogP contribution in [0.5, 0.6) is 0 Å². The minimum Gasteiger partial charge on any atom is -0.345 e. The molecule has 0 aliphatic carbocycles. The summed E-state index contributed by atoms with van der Waals surface area (Å²) in [6, 6.07) is 3.32. The van der Waals surface area contributed by atoms with Gasteiger partial charge in [-0.05, 0) is 26.0 Å². The number of H-pyrrole nitrogens is 1. The fraction of sp³-hybridized carbons (Fsp3) is 0.333. The van der Waals surface area contributed by atoms with Crippen LogP contribution in [-0.4, -0.2) is 33.5 Å². The first-order chi connectivity index (χ1) is 9.56. The van der Waals surface area contributed by atoms with E-state index >= 15 is 0 Å². The maximum atomic E-state index is 11.8. The van der Waals surface area contributed by atoms with E-state index in [1.165, 1.54) is 17.7 Å². The second kappa shape index (κ2) is 6.29. The standard InChI is InChI=1S/C12H15N5O2S/c1-7-3-4-9(20-7)12(19)13-5-10(18)16-8(2)11-14-6-15-17-11/h3-4,6,8H,5H2,1-2H3,(H,13,19)(H,16,18)(H,14,15,17). The van der Waals surface area contributed by atoms with Gasteiger partial charge in [-0.2, -0.15) is 5.10 Å². The molecular formula is C12H15N5O2S. The average Bonchev–Trinajstić information content (AvgIpc) is 3.06. The normalized spacial score (nSPS) is 11.9. The number of aromatic amines is 1. The van der Waals surface area contributed by atoms with Gasteiger partial charge in [0.1, 0.15) is 12.2 Å². The number of carbonyl (C=O) groups is 2. The van der Waals surface area contributed by atoms with Gasteiger partial charge in [0.05, 0.1) is 17.5 Å². The molecule has 3 N–H and O–H groups in total. The zero-order valence-corrected chi connectivity index (χ0v) is 12.0. The van der Waals surface area contributed by atoms with Crippen molar-refractivity contribution in [3.05, 3.63) is 34.0 Å². The summed E-state index contributed by atoms with van der Waals surface area (Å²) in [7, 11) is 0. The molecule has 0 saturated carbocycles. The molecule has 0 spiro atoms. The van der Waals surface area contributed by atoms with Gasteiger partial charge in [0.2, 0.25) is 5.91 Å². The van der Waals surface area contributed by atoms with E-state index in [0.29, 0.717) is 10.7 Å². The number of aromatic nitrogens is 3. The highest BCUT2D eigenvalue weighted by Gasteiger charge is 2.13. The maximum absolute atomic E-state index is 11.8. The molecule has 2 aromatic heterocycles. The molecule has 106 valence electrons. The number of hydrogen-bond donors (Lipinski definition) is 3. The summed E-state index contributed by atoms with van der Waals surface area (Å²) in [6.45, 7) is 3.63. The van der Waals surface area contributed by atoms with Crippen molar-refractivity contribution in [2.45, 2.75) is 19.9 Å². The number of hydrogen-bond acceptors (Lipinski definition) is 5. The third-order valence-corrected chi connectivity index (χ3v) is 3.59. The zero-order valence-electron chi connectivity index (χ0n) is 11.1. The largest absolute Gasteiger partial charge is 0.345 e. The predicted molar refractivity (Wildman–Crippen MR) is 74.3 cm³/mol. The van der Waals surface area contributed by atoms with Crippen LogP contribution in [0.15, 0.2) is 18.5 Å². The van der Waals surface area contributed by atoms with Gasteiger partial charge in [-0.15, -0.1) is 11.3 Å². The van der Waals surface area contributed by atoms with Gasteiger partial charge in [-0.3, -0.25) is 14.7 Å². The van der Waals surface area contributed by atoms with Gasteiger partial charge in [-0.25, -0.2) is 4.98 Å². The lowest BCUT2D eigenvalue weighted by Crippen LogP contribution is -2.38. The van der Waals surface area contributed by atoms with Gasteiger partial charge in [0.25, 0.3) is 5.91 Å². The first-order valence-corrected chi connectivity index (χ1v) is 6.87. The van der Waals surface area contributed by atoms with Crippen LogP contribution in [-0.2, 0) is 4.79 Å². The monoisotopic (exact) mass is 293 g/mol. The van der Waals surface area contributed by atoms with E-state index in [-0.39, 0.29) is 24.4 Å². The summed E-state index contributed by atoms with van der Waals surface area (Å²) in [4.78, 5) is 29.1. The van der Waals surface area contributed by atoms with Crippen molar-refractivity contribution < 1.29 is 9.59 Å². The summed E-state index contributed by atoms with van der Waals surface area (Å²) in [6.07, 6.45) is 1.37. The van der Waals surface area contributed by atoms with E-state index in [9.17, 15) is 9.59 Å². The summed E-state index contributed by atoms with van der Waals surface area (Å²) in [5.41, 5.74) is 0. The molecule has 1 atom stereocenters. The van der Waals surface area contributed by atoms with Crippen LogP contribution in [0.1, 0.15) is 33.3 Å². The second-order valence-electron chi connectivity index (χ2n) is 4.25. The Labute approximate surface area is 119 Å². The Hall–Kier alpha value is -2.22. The molecule has 0 radical (unpaired) electrons. The SMILES string of the molecule is Cc1ccc(C(=O)NCC(=O)NC(C)c2ncn[nH]2)s1. The van der Waals surface area contributed by atoms with Crippen LogP contribution in [0.2, 0.25) is 0 Å². The van der Waals surface area contributed by atoms with Gasteiger partial charge in [0, 0.05) is 4.88 Å². The number of aryl methyl sites for hydroxylation is 1.